The zero-order valence-electron chi connectivity index (χ0n) is 16.9. The molecule has 1 saturated carbocycles. The van der Waals surface area contributed by atoms with Crippen molar-refractivity contribution >= 4 is 17.6 Å². The number of benzene rings is 2. The van der Waals surface area contributed by atoms with Gasteiger partial charge >= 0.3 is 5.97 Å². The van der Waals surface area contributed by atoms with Gasteiger partial charge in [-0.05, 0) is 66.5 Å². The van der Waals surface area contributed by atoms with E-state index in [1.165, 1.54) is 12.5 Å². The number of halogens is 1. The number of carbonyl (C=O) groups excluding carboxylic acids is 1. The van der Waals surface area contributed by atoms with E-state index >= 15 is 0 Å². The zero-order chi connectivity index (χ0) is 20.8. The lowest BCUT2D eigenvalue weighted by molar-refractivity contribution is -0.211. The van der Waals surface area contributed by atoms with Gasteiger partial charge in [-0.25, -0.2) is 4.79 Å². The van der Waals surface area contributed by atoms with Crippen molar-refractivity contribution in [2.75, 3.05) is 6.54 Å². The smallest absolute Gasteiger partial charge is 0.352 e. The molecule has 6 heteroatoms. The summed E-state index contributed by atoms with van der Waals surface area (Å²) < 4.78 is 0. The zero-order valence-corrected chi connectivity index (χ0v) is 17.6. The maximum Gasteiger partial charge on any atom is 0.352 e. The van der Waals surface area contributed by atoms with Crippen molar-refractivity contribution in [3.63, 3.8) is 0 Å². The van der Waals surface area contributed by atoms with Crippen molar-refractivity contribution in [2.45, 2.75) is 57.6 Å². The highest BCUT2D eigenvalue weighted by molar-refractivity contribution is 6.30. The molecule has 156 valence electrons. The van der Waals surface area contributed by atoms with E-state index in [4.69, 9.17) is 16.5 Å². The van der Waals surface area contributed by atoms with E-state index in [2.05, 4.69) is 23.2 Å². The van der Waals surface area contributed by atoms with Crippen LogP contribution in [0.2, 0.25) is 5.02 Å². The molecule has 0 saturated heterocycles. The van der Waals surface area contributed by atoms with Crippen molar-refractivity contribution in [1.82, 2.24) is 5.32 Å². The van der Waals surface area contributed by atoms with Crippen LogP contribution in [0, 0.1) is 0 Å². The molecule has 2 unspecified atom stereocenters. The van der Waals surface area contributed by atoms with Crippen LogP contribution in [0.4, 0.5) is 0 Å². The van der Waals surface area contributed by atoms with Crippen LogP contribution in [0.5, 0.6) is 5.75 Å². The molecule has 0 bridgehead atoms. The molecule has 2 N–H and O–H groups in total. The fourth-order valence-corrected chi connectivity index (χ4v) is 4.09. The first-order chi connectivity index (χ1) is 14.0. The molecule has 5 nitrogen and oxygen atoms in total. The molecule has 1 aliphatic rings. The molecule has 1 aliphatic carbocycles. The molecule has 0 radical (unpaired) electrons. The van der Waals surface area contributed by atoms with Crippen molar-refractivity contribution < 1.29 is 19.7 Å². The molecule has 3 atom stereocenters. The topological polar surface area (TPSA) is 67.8 Å². The number of aliphatic hydroxyl groups is 1. The Kier molecular flexibility index (Phi) is 7.53. The van der Waals surface area contributed by atoms with Gasteiger partial charge in [0.1, 0.15) is 0 Å². The lowest BCUT2D eigenvalue weighted by atomic mass is 9.94. The lowest BCUT2D eigenvalue weighted by Gasteiger charge is -2.18. The largest absolute Gasteiger partial charge is 0.387 e. The Morgan fingerprint density at radius 2 is 2.10 bits per heavy atom. The predicted molar refractivity (Wildman–Crippen MR) is 113 cm³/mol. The number of aliphatic hydroxyl groups excluding tert-OH is 1. The highest BCUT2D eigenvalue weighted by Crippen LogP contribution is 2.36. The van der Waals surface area contributed by atoms with Crippen LogP contribution in [0.15, 0.2) is 42.5 Å². The molecule has 0 heterocycles. The van der Waals surface area contributed by atoms with Crippen LogP contribution in [-0.2, 0) is 16.1 Å². The number of carbonyl (C=O) groups is 1. The SMILES string of the molecule is CCc1cc(C2CCC(NC[C@H](O)c3cccc(Cl)c3)C2)ccc1OOC(C)=O. The van der Waals surface area contributed by atoms with Gasteiger partial charge in [0.25, 0.3) is 0 Å². The average molecular weight is 418 g/mol. The van der Waals surface area contributed by atoms with Gasteiger partial charge in [-0.3, -0.25) is 9.78 Å². The summed E-state index contributed by atoms with van der Waals surface area (Å²) in [5.74, 6) is 0.577. The Bertz CT molecular complexity index is 841. The number of hydrogen-bond donors (Lipinski definition) is 2. The van der Waals surface area contributed by atoms with Crippen molar-refractivity contribution in [3.05, 3.63) is 64.2 Å². The third kappa shape index (κ3) is 5.95. The second-order valence-electron chi connectivity index (χ2n) is 7.56. The van der Waals surface area contributed by atoms with Gasteiger partial charge < -0.3 is 10.4 Å². The van der Waals surface area contributed by atoms with E-state index in [-0.39, 0.29) is 0 Å². The summed E-state index contributed by atoms with van der Waals surface area (Å²) in [4.78, 5) is 20.8. The molecule has 2 aromatic carbocycles. The summed E-state index contributed by atoms with van der Waals surface area (Å²) in [5.41, 5.74) is 3.13. The second-order valence-corrected chi connectivity index (χ2v) is 8.00. The lowest BCUT2D eigenvalue weighted by Crippen LogP contribution is -2.30. The summed E-state index contributed by atoms with van der Waals surface area (Å²) in [6, 6.07) is 13.8. The van der Waals surface area contributed by atoms with Crippen molar-refractivity contribution in [3.8, 4) is 5.75 Å². The Labute approximate surface area is 176 Å². The number of hydrogen-bond acceptors (Lipinski definition) is 5. The van der Waals surface area contributed by atoms with Crippen LogP contribution in [0.1, 0.15) is 61.8 Å². The summed E-state index contributed by atoms with van der Waals surface area (Å²) in [5, 5.41) is 14.5. The minimum Gasteiger partial charge on any atom is -0.387 e. The molecule has 0 spiro atoms. The van der Waals surface area contributed by atoms with Crippen LogP contribution in [0.25, 0.3) is 0 Å². The predicted octanol–water partition coefficient (Wildman–Crippen LogP) is 4.72. The quantitative estimate of drug-likeness (QED) is 0.480. The van der Waals surface area contributed by atoms with Gasteiger partial charge in [0.05, 0.1) is 6.10 Å². The Morgan fingerprint density at radius 1 is 1.28 bits per heavy atom. The maximum absolute atomic E-state index is 11.0. The minimum atomic E-state index is -0.572. The number of nitrogens with one attached hydrogen (secondary N) is 1. The molecular formula is C23H28ClNO4. The van der Waals surface area contributed by atoms with Crippen LogP contribution in [0.3, 0.4) is 0 Å². The average Bonchev–Trinajstić information content (AvgIpc) is 3.19. The molecule has 1 fully saturated rings. The van der Waals surface area contributed by atoms with Crippen molar-refractivity contribution in [1.29, 1.82) is 0 Å². The summed E-state index contributed by atoms with van der Waals surface area (Å²) in [7, 11) is 0. The molecule has 2 aromatic rings. The van der Waals surface area contributed by atoms with Gasteiger partial charge in [-0.1, -0.05) is 42.8 Å². The van der Waals surface area contributed by atoms with E-state index in [0.717, 1.165) is 36.8 Å². The highest BCUT2D eigenvalue weighted by Gasteiger charge is 2.26. The third-order valence-electron chi connectivity index (χ3n) is 5.45. The first-order valence-electron chi connectivity index (χ1n) is 10.1. The first-order valence-corrected chi connectivity index (χ1v) is 10.5. The monoisotopic (exact) mass is 417 g/mol. The molecule has 3 rings (SSSR count). The van der Waals surface area contributed by atoms with Gasteiger partial charge in [0.15, 0.2) is 5.75 Å². The summed E-state index contributed by atoms with van der Waals surface area (Å²) >= 11 is 6.01. The highest BCUT2D eigenvalue weighted by atomic mass is 35.5. The van der Waals surface area contributed by atoms with E-state index in [1.807, 2.05) is 24.3 Å². The summed E-state index contributed by atoms with van der Waals surface area (Å²) in [6.07, 6.45) is 3.41. The van der Waals surface area contributed by atoms with Gasteiger partial charge in [-0.2, -0.15) is 0 Å². The van der Waals surface area contributed by atoms with Crippen LogP contribution >= 0.6 is 11.6 Å². The normalized spacial score (nSPS) is 19.7. The third-order valence-corrected chi connectivity index (χ3v) is 5.69. The maximum atomic E-state index is 11.0. The van der Waals surface area contributed by atoms with E-state index in [1.54, 1.807) is 12.1 Å². The minimum absolute atomic E-state index is 0.371. The molecular weight excluding hydrogens is 390 g/mol. The fourth-order valence-electron chi connectivity index (χ4n) is 3.89. The van der Waals surface area contributed by atoms with Gasteiger partial charge in [0, 0.05) is 24.5 Å². The standard InChI is InChI=1S/C23H28ClNO4/c1-3-16-11-17(8-10-23(16)29-28-15(2)26)18-7-9-21(13-18)25-14-22(27)19-5-4-6-20(24)12-19/h4-6,8,10-12,18,21-22,25,27H,3,7,9,13-14H2,1-2H3/t18?,21?,22-/m0/s1. The number of rotatable bonds is 8. The molecule has 0 amide bonds. The van der Waals surface area contributed by atoms with Crippen molar-refractivity contribution in [2.24, 2.45) is 0 Å². The van der Waals surface area contributed by atoms with E-state index in [0.29, 0.717) is 29.3 Å². The van der Waals surface area contributed by atoms with Crippen LogP contribution < -0.4 is 10.2 Å². The molecule has 0 aliphatic heterocycles. The Morgan fingerprint density at radius 3 is 2.83 bits per heavy atom. The Hall–Kier alpha value is -2.08. The van der Waals surface area contributed by atoms with Gasteiger partial charge in [-0.15, -0.1) is 0 Å². The fraction of sp³-hybridized carbons (Fsp3) is 0.435. The summed E-state index contributed by atoms with van der Waals surface area (Å²) in [6.45, 7) is 3.87. The van der Waals surface area contributed by atoms with Gasteiger partial charge in [0.2, 0.25) is 0 Å². The van der Waals surface area contributed by atoms with Crippen LogP contribution in [-0.4, -0.2) is 23.7 Å². The molecule has 0 aromatic heterocycles. The second kappa shape index (κ2) is 10.1. The van der Waals surface area contributed by atoms with E-state index in [9.17, 15) is 9.90 Å². The molecule has 29 heavy (non-hydrogen) atoms. The number of aryl methyl sites for hydroxylation is 1. The van der Waals surface area contributed by atoms with E-state index < -0.39 is 12.1 Å². The Balaban J connectivity index is 1.55. The first kappa shape index (κ1) is 21.6.